The molecular weight excluding hydrogens is 218 g/mol. The molecule has 0 aliphatic carbocycles. The van der Waals surface area contributed by atoms with Crippen LogP contribution in [0.15, 0.2) is 30.5 Å². The molecular formula is C12H13N3O2. The Kier molecular flexibility index (Phi) is 3.18. The van der Waals surface area contributed by atoms with Crippen molar-refractivity contribution in [3.8, 4) is 11.4 Å². The molecule has 0 bridgehead atoms. The molecule has 0 amide bonds. The first kappa shape index (κ1) is 11.3. The van der Waals surface area contributed by atoms with Gasteiger partial charge >= 0.3 is 0 Å². The molecule has 0 radical (unpaired) electrons. The van der Waals surface area contributed by atoms with E-state index in [2.05, 4.69) is 10.3 Å². The molecule has 0 saturated carbocycles. The summed E-state index contributed by atoms with van der Waals surface area (Å²) >= 11 is 0. The van der Waals surface area contributed by atoms with E-state index in [4.69, 9.17) is 4.74 Å². The standard InChI is InChI=1S/C12H13N3O2/c1-9(16)7-10-8-13-14-15(10)11-5-3-4-6-12(11)17-2/h3-6,8H,7H2,1-2H3. The molecule has 0 fully saturated rings. The fourth-order valence-corrected chi connectivity index (χ4v) is 1.64. The van der Waals surface area contributed by atoms with Crippen molar-refractivity contribution in [2.24, 2.45) is 0 Å². The number of carbonyl (C=O) groups is 1. The second-order valence-corrected chi connectivity index (χ2v) is 3.69. The molecule has 5 nitrogen and oxygen atoms in total. The van der Waals surface area contributed by atoms with Crippen LogP contribution in [-0.2, 0) is 11.2 Å². The first-order valence-electron chi connectivity index (χ1n) is 5.25. The molecule has 0 spiro atoms. The highest BCUT2D eigenvalue weighted by atomic mass is 16.5. The average molecular weight is 231 g/mol. The van der Waals surface area contributed by atoms with Crippen LogP contribution < -0.4 is 4.74 Å². The minimum atomic E-state index is 0.0726. The summed E-state index contributed by atoms with van der Waals surface area (Å²) in [5.74, 6) is 0.770. The van der Waals surface area contributed by atoms with Crippen LogP contribution in [0.1, 0.15) is 12.6 Å². The maximum absolute atomic E-state index is 11.1. The molecule has 88 valence electrons. The number of para-hydroxylation sites is 2. The van der Waals surface area contributed by atoms with Gasteiger partial charge in [0.1, 0.15) is 17.2 Å². The fourth-order valence-electron chi connectivity index (χ4n) is 1.64. The van der Waals surface area contributed by atoms with E-state index in [0.717, 1.165) is 11.4 Å². The van der Waals surface area contributed by atoms with Gasteiger partial charge in [0.15, 0.2) is 0 Å². The fraction of sp³-hybridized carbons (Fsp3) is 0.250. The van der Waals surface area contributed by atoms with Gasteiger partial charge < -0.3 is 4.74 Å². The zero-order valence-electron chi connectivity index (χ0n) is 9.75. The topological polar surface area (TPSA) is 57.0 Å². The zero-order valence-corrected chi connectivity index (χ0v) is 9.75. The highest BCUT2D eigenvalue weighted by Crippen LogP contribution is 2.22. The summed E-state index contributed by atoms with van der Waals surface area (Å²) in [6.07, 6.45) is 1.90. The Morgan fingerprint density at radius 2 is 2.18 bits per heavy atom. The van der Waals surface area contributed by atoms with Gasteiger partial charge in [0.2, 0.25) is 0 Å². The molecule has 0 aliphatic heterocycles. The van der Waals surface area contributed by atoms with Crippen molar-refractivity contribution in [1.82, 2.24) is 15.0 Å². The summed E-state index contributed by atoms with van der Waals surface area (Å²) in [5, 5.41) is 7.81. The van der Waals surface area contributed by atoms with Crippen LogP contribution >= 0.6 is 0 Å². The Hall–Kier alpha value is -2.17. The summed E-state index contributed by atoms with van der Waals surface area (Å²) in [4.78, 5) is 11.1. The zero-order chi connectivity index (χ0) is 12.3. The number of Topliss-reactive ketones (excluding diaryl/α,β-unsaturated/α-hetero) is 1. The maximum Gasteiger partial charge on any atom is 0.144 e. The van der Waals surface area contributed by atoms with Gasteiger partial charge in [0, 0.05) is 0 Å². The predicted octanol–water partition coefficient (Wildman–Crippen LogP) is 1.41. The number of methoxy groups -OCH3 is 1. The average Bonchev–Trinajstić information content (AvgIpc) is 2.76. The van der Waals surface area contributed by atoms with Crippen molar-refractivity contribution >= 4 is 5.78 Å². The van der Waals surface area contributed by atoms with Crippen molar-refractivity contribution in [1.29, 1.82) is 0 Å². The van der Waals surface area contributed by atoms with Crippen LogP contribution in [0.4, 0.5) is 0 Å². The Morgan fingerprint density at radius 3 is 2.88 bits per heavy atom. The molecule has 0 N–H and O–H groups in total. The molecule has 17 heavy (non-hydrogen) atoms. The van der Waals surface area contributed by atoms with E-state index >= 15 is 0 Å². The number of ketones is 1. The number of carbonyl (C=O) groups excluding carboxylic acids is 1. The highest BCUT2D eigenvalue weighted by molar-refractivity contribution is 5.77. The van der Waals surface area contributed by atoms with E-state index in [1.807, 2.05) is 24.3 Å². The molecule has 0 atom stereocenters. The number of rotatable bonds is 4. The van der Waals surface area contributed by atoms with E-state index < -0.39 is 0 Å². The van der Waals surface area contributed by atoms with Gasteiger partial charge in [-0.15, -0.1) is 5.10 Å². The third kappa shape index (κ3) is 2.33. The third-order valence-corrected chi connectivity index (χ3v) is 2.36. The minimum Gasteiger partial charge on any atom is -0.494 e. The van der Waals surface area contributed by atoms with Crippen molar-refractivity contribution in [3.63, 3.8) is 0 Å². The second-order valence-electron chi connectivity index (χ2n) is 3.69. The van der Waals surface area contributed by atoms with Crippen molar-refractivity contribution in [2.45, 2.75) is 13.3 Å². The van der Waals surface area contributed by atoms with E-state index in [1.165, 1.54) is 0 Å². The van der Waals surface area contributed by atoms with Gasteiger partial charge in [-0.3, -0.25) is 4.79 Å². The van der Waals surface area contributed by atoms with Crippen molar-refractivity contribution in [3.05, 3.63) is 36.2 Å². The lowest BCUT2D eigenvalue weighted by Crippen LogP contribution is -2.07. The van der Waals surface area contributed by atoms with Gasteiger partial charge in [-0.1, -0.05) is 17.3 Å². The number of nitrogens with zero attached hydrogens (tertiary/aromatic N) is 3. The number of ether oxygens (including phenoxy) is 1. The number of hydrogen-bond acceptors (Lipinski definition) is 4. The molecule has 0 aliphatic rings. The molecule has 1 heterocycles. The van der Waals surface area contributed by atoms with Crippen molar-refractivity contribution in [2.75, 3.05) is 7.11 Å². The lowest BCUT2D eigenvalue weighted by Gasteiger charge is -2.09. The number of hydrogen-bond donors (Lipinski definition) is 0. The van der Waals surface area contributed by atoms with E-state index in [1.54, 1.807) is 24.9 Å². The molecule has 2 rings (SSSR count). The summed E-state index contributed by atoms with van der Waals surface area (Å²) < 4.78 is 6.88. The third-order valence-electron chi connectivity index (χ3n) is 2.36. The van der Waals surface area contributed by atoms with Gasteiger partial charge in [-0.25, -0.2) is 4.68 Å². The Morgan fingerprint density at radius 1 is 1.41 bits per heavy atom. The van der Waals surface area contributed by atoms with Gasteiger partial charge in [0.05, 0.1) is 25.4 Å². The van der Waals surface area contributed by atoms with Crippen LogP contribution in [-0.4, -0.2) is 27.9 Å². The summed E-state index contributed by atoms with van der Waals surface area (Å²) in [7, 11) is 1.60. The van der Waals surface area contributed by atoms with Crippen LogP contribution in [0.5, 0.6) is 5.75 Å². The van der Waals surface area contributed by atoms with Crippen LogP contribution in [0.2, 0.25) is 0 Å². The van der Waals surface area contributed by atoms with Crippen LogP contribution in [0, 0.1) is 0 Å². The quantitative estimate of drug-likeness (QED) is 0.798. The second kappa shape index (κ2) is 4.78. The predicted molar refractivity (Wildman–Crippen MR) is 62.3 cm³/mol. The maximum atomic E-state index is 11.1. The summed E-state index contributed by atoms with van der Waals surface area (Å²) in [6.45, 7) is 1.54. The largest absolute Gasteiger partial charge is 0.494 e. The van der Waals surface area contributed by atoms with Gasteiger partial charge in [-0.2, -0.15) is 0 Å². The first-order chi connectivity index (χ1) is 8.22. The first-order valence-corrected chi connectivity index (χ1v) is 5.25. The summed E-state index contributed by atoms with van der Waals surface area (Å²) in [5.41, 5.74) is 1.53. The molecule has 2 aromatic rings. The molecule has 5 heteroatoms. The highest BCUT2D eigenvalue weighted by Gasteiger charge is 2.11. The normalized spacial score (nSPS) is 10.2. The van der Waals surface area contributed by atoms with Gasteiger partial charge in [0.25, 0.3) is 0 Å². The van der Waals surface area contributed by atoms with Crippen molar-refractivity contribution < 1.29 is 9.53 Å². The molecule has 1 aromatic heterocycles. The lowest BCUT2D eigenvalue weighted by molar-refractivity contribution is -0.116. The molecule has 1 aromatic carbocycles. The van der Waals surface area contributed by atoms with E-state index in [9.17, 15) is 4.79 Å². The smallest absolute Gasteiger partial charge is 0.144 e. The van der Waals surface area contributed by atoms with Gasteiger partial charge in [-0.05, 0) is 19.1 Å². The van der Waals surface area contributed by atoms with Crippen LogP contribution in [0.25, 0.3) is 5.69 Å². The summed E-state index contributed by atoms with van der Waals surface area (Å²) in [6, 6.07) is 7.48. The molecule has 0 saturated heterocycles. The lowest BCUT2D eigenvalue weighted by atomic mass is 10.2. The van der Waals surface area contributed by atoms with E-state index in [-0.39, 0.29) is 5.78 Å². The SMILES string of the molecule is COc1ccccc1-n1nncc1CC(C)=O. The number of aromatic nitrogens is 3. The Bertz CT molecular complexity index is 534. The van der Waals surface area contributed by atoms with E-state index in [0.29, 0.717) is 12.2 Å². The number of benzene rings is 1. The monoisotopic (exact) mass is 231 g/mol. The minimum absolute atomic E-state index is 0.0726. The molecule has 0 unspecified atom stereocenters. The van der Waals surface area contributed by atoms with Crippen LogP contribution in [0.3, 0.4) is 0 Å². The Labute approximate surface area is 99.0 Å². The Balaban J connectivity index is 2.46.